The fourth-order valence-electron chi connectivity index (χ4n) is 2.06. The summed E-state index contributed by atoms with van der Waals surface area (Å²) in [5, 5.41) is 17.9. The largest absolute Gasteiger partial charge is 0.480 e. The average molecular weight is 221 g/mol. The molecular weight excluding hydrogens is 210 g/mol. The predicted octanol–water partition coefficient (Wildman–Crippen LogP) is 0.570. The van der Waals surface area contributed by atoms with Crippen molar-refractivity contribution in [1.29, 1.82) is 0 Å². The number of aliphatic carboxylic acids is 1. The minimum Gasteiger partial charge on any atom is -0.480 e. The summed E-state index contributed by atoms with van der Waals surface area (Å²) in [6.45, 7) is 0. The Labute approximate surface area is 91.5 Å². The van der Waals surface area contributed by atoms with E-state index in [-0.39, 0.29) is 5.56 Å². The summed E-state index contributed by atoms with van der Waals surface area (Å²) in [5.41, 5.74) is 5.82. The van der Waals surface area contributed by atoms with Crippen LogP contribution in [0.5, 0.6) is 0 Å². The van der Waals surface area contributed by atoms with E-state index in [0.717, 1.165) is 0 Å². The van der Waals surface area contributed by atoms with Crippen LogP contribution in [0.4, 0.5) is 0 Å². The Morgan fingerprint density at radius 1 is 1.31 bits per heavy atom. The molecule has 0 radical (unpaired) electrons. The first-order valence-corrected chi connectivity index (χ1v) is 4.84. The van der Waals surface area contributed by atoms with Gasteiger partial charge in [-0.15, -0.1) is 0 Å². The Morgan fingerprint density at radius 3 is 2.56 bits per heavy atom. The number of carboxylic acid groups (broad SMARTS) is 2. The number of nitrogens with two attached hydrogens (primary N) is 1. The van der Waals surface area contributed by atoms with Crippen molar-refractivity contribution in [1.82, 2.24) is 0 Å². The lowest BCUT2D eigenvalue weighted by Gasteiger charge is -2.19. The highest BCUT2D eigenvalue weighted by Gasteiger charge is 2.42. The molecular formula is C11H11NO4. The molecule has 5 heteroatoms. The van der Waals surface area contributed by atoms with Crippen molar-refractivity contribution in [2.75, 3.05) is 0 Å². The number of rotatable bonds is 2. The minimum atomic E-state index is -1.37. The monoisotopic (exact) mass is 221 g/mol. The van der Waals surface area contributed by atoms with Gasteiger partial charge in [0.1, 0.15) is 5.54 Å². The molecule has 2 rings (SSSR count). The molecule has 0 unspecified atom stereocenters. The molecule has 0 amide bonds. The zero-order valence-electron chi connectivity index (χ0n) is 8.43. The van der Waals surface area contributed by atoms with E-state index in [2.05, 4.69) is 0 Å². The third-order valence-electron chi connectivity index (χ3n) is 3.00. The van der Waals surface area contributed by atoms with Gasteiger partial charge < -0.3 is 15.9 Å². The van der Waals surface area contributed by atoms with Crippen LogP contribution in [0.3, 0.4) is 0 Å². The number of aryl methyl sites for hydroxylation is 1. The zero-order valence-corrected chi connectivity index (χ0v) is 8.43. The number of hydrogen-bond acceptors (Lipinski definition) is 3. The second-order valence-electron chi connectivity index (χ2n) is 3.95. The van der Waals surface area contributed by atoms with Gasteiger partial charge in [-0.2, -0.15) is 0 Å². The van der Waals surface area contributed by atoms with Gasteiger partial charge in [-0.1, -0.05) is 6.07 Å². The van der Waals surface area contributed by atoms with Gasteiger partial charge in [0.15, 0.2) is 0 Å². The molecule has 1 aliphatic carbocycles. The Morgan fingerprint density at radius 2 is 2.00 bits per heavy atom. The molecule has 0 aliphatic heterocycles. The molecule has 0 fully saturated rings. The summed E-state index contributed by atoms with van der Waals surface area (Å²) >= 11 is 0. The number of carboxylic acids is 2. The van der Waals surface area contributed by atoms with Crippen LogP contribution < -0.4 is 5.73 Å². The Kier molecular flexibility index (Phi) is 2.20. The van der Waals surface area contributed by atoms with E-state index in [1.54, 1.807) is 0 Å². The van der Waals surface area contributed by atoms with Crippen LogP contribution in [-0.4, -0.2) is 22.2 Å². The van der Waals surface area contributed by atoms with Gasteiger partial charge in [0.05, 0.1) is 5.56 Å². The quantitative estimate of drug-likeness (QED) is 0.677. The lowest BCUT2D eigenvalue weighted by atomic mass is 9.92. The predicted molar refractivity (Wildman–Crippen MR) is 55.2 cm³/mol. The lowest BCUT2D eigenvalue weighted by Crippen LogP contribution is -2.42. The van der Waals surface area contributed by atoms with Crippen LogP contribution in [-0.2, 0) is 16.8 Å². The second-order valence-corrected chi connectivity index (χ2v) is 3.95. The summed E-state index contributed by atoms with van der Waals surface area (Å²) in [6, 6.07) is 4.38. The van der Waals surface area contributed by atoms with E-state index >= 15 is 0 Å². The number of carbonyl (C=O) groups is 2. The van der Waals surface area contributed by atoms with Crippen molar-refractivity contribution in [3.05, 3.63) is 34.9 Å². The summed E-state index contributed by atoms with van der Waals surface area (Å²) < 4.78 is 0. The number of hydrogen-bond donors (Lipinski definition) is 3. The molecule has 0 saturated carbocycles. The smallest absolute Gasteiger partial charge is 0.335 e. The lowest BCUT2D eigenvalue weighted by molar-refractivity contribution is -0.143. The van der Waals surface area contributed by atoms with Crippen molar-refractivity contribution in [3.63, 3.8) is 0 Å². The SMILES string of the molecule is N[C@@]1(C(=O)O)CCc2cc(C(=O)O)ccc21. The molecule has 0 spiro atoms. The molecule has 4 N–H and O–H groups in total. The van der Waals surface area contributed by atoms with Crippen LogP contribution in [0.15, 0.2) is 18.2 Å². The van der Waals surface area contributed by atoms with Gasteiger partial charge in [0.25, 0.3) is 0 Å². The fourth-order valence-corrected chi connectivity index (χ4v) is 2.06. The van der Waals surface area contributed by atoms with Crippen molar-refractivity contribution >= 4 is 11.9 Å². The number of aromatic carboxylic acids is 1. The molecule has 1 aliphatic rings. The van der Waals surface area contributed by atoms with E-state index in [1.807, 2.05) is 0 Å². The highest BCUT2D eigenvalue weighted by Crippen LogP contribution is 2.35. The van der Waals surface area contributed by atoms with Crippen LogP contribution in [0, 0.1) is 0 Å². The van der Waals surface area contributed by atoms with E-state index < -0.39 is 17.5 Å². The maximum atomic E-state index is 11.1. The van der Waals surface area contributed by atoms with Gasteiger partial charge in [-0.25, -0.2) is 9.59 Å². The van der Waals surface area contributed by atoms with Gasteiger partial charge in [0.2, 0.25) is 0 Å². The summed E-state index contributed by atoms with van der Waals surface area (Å²) in [7, 11) is 0. The first-order chi connectivity index (χ1) is 7.45. The zero-order chi connectivity index (χ0) is 11.9. The van der Waals surface area contributed by atoms with Gasteiger partial charge in [-0.05, 0) is 36.1 Å². The van der Waals surface area contributed by atoms with Gasteiger partial charge >= 0.3 is 11.9 Å². The molecule has 0 saturated heterocycles. The second kappa shape index (κ2) is 3.31. The van der Waals surface area contributed by atoms with Crippen LogP contribution >= 0.6 is 0 Å². The van der Waals surface area contributed by atoms with Gasteiger partial charge in [0, 0.05) is 0 Å². The summed E-state index contributed by atoms with van der Waals surface area (Å²) in [4.78, 5) is 21.8. The Balaban J connectivity index is 2.51. The first-order valence-electron chi connectivity index (χ1n) is 4.84. The average Bonchev–Trinajstić information content (AvgIpc) is 2.57. The molecule has 0 bridgehead atoms. The Hall–Kier alpha value is -1.88. The third kappa shape index (κ3) is 1.37. The molecule has 1 aromatic rings. The first kappa shape index (κ1) is 10.6. The maximum absolute atomic E-state index is 11.1. The van der Waals surface area contributed by atoms with Crippen molar-refractivity contribution in [3.8, 4) is 0 Å². The van der Waals surface area contributed by atoms with E-state index in [1.165, 1.54) is 18.2 Å². The van der Waals surface area contributed by atoms with E-state index in [9.17, 15) is 9.59 Å². The summed E-state index contributed by atoms with van der Waals surface area (Å²) in [5.74, 6) is -2.10. The molecule has 1 atom stereocenters. The van der Waals surface area contributed by atoms with Gasteiger partial charge in [-0.3, -0.25) is 0 Å². The summed E-state index contributed by atoms with van der Waals surface area (Å²) in [6.07, 6.45) is 0.806. The Bertz CT molecular complexity index is 483. The normalized spacial score (nSPS) is 22.8. The van der Waals surface area contributed by atoms with Crippen LogP contribution in [0.2, 0.25) is 0 Å². The van der Waals surface area contributed by atoms with Crippen LogP contribution in [0.1, 0.15) is 27.9 Å². The molecule has 5 nitrogen and oxygen atoms in total. The minimum absolute atomic E-state index is 0.161. The third-order valence-corrected chi connectivity index (χ3v) is 3.00. The van der Waals surface area contributed by atoms with Crippen LogP contribution in [0.25, 0.3) is 0 Å². The molecule has 0 heterocycles. The topological polar surface area (TPSA) is 101 Å². The van der Waals surface area contributed by atoms with Crippen molar-refractivity contribution in [2.45, 2.75) is 18.4 Å². The number of benzene rings is 1. The van der Waals surface area contributed by atoms with Crippen molar-refractivity contribution in [2.24, 2.45) is 5.73 Å². The van der Waals surface area contributed by atoms with E-state index in [4.69, 9.17) is 15.9 Å². The van der Waals surface area contributed by atoms with E-state index in [0.29, 0.717) is 24.0 Å². The maximum Gasteiger partial charge on any atom is 0.335 e. The standard InChI is InChI=1S/C11H11NO4/c12-11(10(15)16)4-3-6-5-7(9(13)14)1-2-8(6)11/h1-2,5H,3-4,12H2,(H,13,14)(H,15,16)/t11-/m0/s1. The molecule has 84 valence electrons. The highest BCUT2D eigenvalue weighted by molar-refractivity contribution is 5.89. The molecule has 16 heavy (non-hydrogen) atoms. The fraction of sp³-hybridized carbons (Fsp3) is 0.273. The number of fused-ring (bicyclic) bond motifs is 1. The molecule has 0 aromatic heterocycles. The highest BCUT2D eigenvalue weighted by atomic mass is 16.4. The van der Waals surface area contributed by atoms with Crippen molar-refractivity contribution < 1.29 is 19.8 Å². The molecule has 1 aromatic carbocycles.